The summed E-state index contributed by atoms with van der Waals surface area (Å²) in [5, 5.41) is 29.1. The minimum absolute atomic E-state index is 0.232. The van der Waals surface area contributed by atoms with Gasteiger partial charge >= 0.3 is 64.6 Å². The molecule has 0 aromatic heterocycles. The number of aliphatic carboxylic acids is 3. The van der Waals surface area contributed by atoms with Crippen LogP contribution in [0.25, 0.3) is 0 Å². The molecule has 0 radical (unpaired) electrons. The fraction of sp³-hybridized carbons (Fsp3) is 0.455. The molecule has 0 saturated heterocycles. The van der Waals surface area contributed by atoms with Crippen molar-refractivity contribution in [2.75, 3.05) is 19.8 Å². The standard InChI is InChI=1S/3C6H8O4.C4H9.Sn/c3*1-2-10-6(9)4-3-5(7)8;1-3-4-2;/h3*3-4H,2H2,1H3,(H,7,8);1,3-4H2,2H3;/q;;;;+3/p-3. The molecule has 0 heterocycles. The summed E-state index contributed by atoms with van der Waals surface area (Å²) in [6.07, 6.45) is 7.08. The number of carboxylic acids is 3. The number of hydrogen-bond acceptors (Lipinski definition) is 12. The summed E-state index contributed by atoms with van der Waals surface area (Å²) < 4.78 is 14.6. The van der Waals surface area contributed by atoms with Gasteiger partial charge in [0.05, 0.1) is 37.7 Å². The van der Waals surface area contributed by atoms with E-state index in [0.717, 1.165) is 18.2 Å². The van der Waals surface area contributed by atoms with Crippen molar-refractivity contribution < 1.29 is 58.3 Å². The molecule has 0 fully saturated rings. The van der Waals surface area contributed by atoms with E-state index in [-0.39, 0.29) is 19.8 Å². The van der Waals surface area contributed by atoms with Gasteiger partial charge in [0.2, 0.25) is 0 Å². The molecule has 0 aliphatic heterocycles. The van der Waals surface area contributed by atoms with E-state index in [1.54, 1.807) is 43.3 Å². The quantitative estimate of drug-likeness (QED) is 0.108. The van der Waals surface area contributed by atoms with E-state index >= 15 is 0 Å². The summed E-state index contributed by atoms with van der Waals surface area (Å²) in [4.78, 5) is 60.1. The molecule has 0 atom stereocenters. The molecular weight excluding hydrogens is 575 g/mol. The normalized spacial score (nSPS) is 9.54. The number of hydrogen-bond donors (Lipinski definition) is 0. The zero-order chi connectivity index (χ0) is 28.1. The van der Waals surface area contributed by atoms with Gasteiger partial charge in [0.1, 0.15) is 0 Å². The molecule has 0 spiro atoms. The molecule has 0 aliphatic carbocycles. The van der Waals surface area contributed by atoms with E-state index < -0.39 is 35.8 Å². The van der Waals surface area contributed by atoms with Crippen LogP contribution < -0.4 is 15.3 Å². The van der Waals surface area contributed by atoms with Crippen LogP contribution in [0.2, 0.25) is 4.44 Å². The Kier molecular flexibility index (Phi) is 34.4. The number of unbranched alkanes of at least 4 members (excludes halogenated alkanes) is 1. The zero-order valence-electron chi connectivity index (χ0n) is 20.1. The van der Waals surface area contributed by atoms with E-state index in [1.807, 2.05) is 0 Å². The van der Waals surface area contributed by atoms with Crippen molar-refractivity contribution in [3.8, 4) is 0 Å². The van der Waals surface area contributed by atoms with Crippen LogP contribution >= 0.6 is 0 Å². The number of esters is 3. The molecule has 194 valence electrons. The summed E-state index contributed by atoms with van der Waals surface area (Å²) in [6, 6.07) is 0. The van der Waals surface area contributed by atoms with Gasteiger partial charge in [0.15, 0.2) is 0 Å². The molecule has 0 aromatic rings. The number of ether oxygens (including phenoxy) is 3. The Balaban J connectivity index is -0.000000188. The van der Waals surface area contributed by atoms with Crippen LogP contribution in [0.4, 0.5) is 0 Å². The molecule has 0 N–H and O–H groups in total. The first-order chi connectivity index (χ1) is 16.4. The van der Waals surface area contributed by atoms with Crippen LogP contribution in [-0.4, -0.2) is 78.2 Å². The van der Waals surface area contributed by atoms with Gasteiger partial charge in [-0.25, -0.2) is 14.4 Å². The fourth-order valence-electron chi connectivity index (χ4n) is 1.16. The smallest absolute Gasteiger partial charge is 0.330 e. The Hall–Kier alpha value is -3.16. The van der Waals surface area contributed by atoms with Gasteiger partial charge in [0.25, 0.3) is 0 Å². The van der Waals surface area contributed by atoms with Gasteiger partial charge in [-0.1, -0.05) is 0 Å². The monoisotopic (exact) mass is 606 g/mol. The third kappa shape index (κ3) is 49.2. The maximum atomic E-state index is 10.3. The molecule has 0 aliphatic rings. The molecule has 35 heavy (non-hydrogen) atoms. The first kappa shape index (κ1) is 39.1. The van der Waals surface area contributed by atoms with Crippen molar-refractivity contribution in [1.82, 2.24) is 0 Å². The van der Waals surface area contributed by atoms with Crippen LogP contribution in [0, 0.1) is 0 Å². The van der Waals surface area contributed by atoms with E-state index in [0.29, 0.717) is 18.2 Å². The van der Waals surface area contributed by atoms with Gasteiger partial charge in [-0.05, 0) is 39.0 Å². The predicted octanol–water partition coefficient (Wildman–Crippen LogP) is -2.06. The maximum absolute atomic E-state index is 10.3. The summed E-state index contributed by atoms with van der Waals surface area (Å²) >= 11 is 1.68. The molecule has 0 aromatic carbocycles. The summed E-state index contributed by atoms with van der Waals surface area (Å²) in [5.41, 5.74) is 0. The van der Waals surface area contributed by atoms with Crippen LogP contribution in [-0.2, 0) is 43.0 Å². The molecule has 0 rings (SSSR count). The second-order valence-electron chi connectivity index (χ2n) is 5.32. The summed E-state index contributed by atoms with van der Waals surface area (Å²) in [5.74, 6) is -6.25. The van der Waals surface area contributed by atoms with Gasteiger partial charge in [0, 0.05) is 18.2 Å². The largest absolute Gasteiger partial charge is 0.545 e. The average Bonchev–Trinajstić information content (AvgIpc) is 2.77. The third-order valence-corrected chi connectivity index (χ3v) is 3.47. The van der Waals surface area contributed by atoms with Crippen LogP contribution in [0.1, 0.15) is 40.5 Å². The zero-order valence-corrected chi connectivity index (χ0v) is 23.0. The Morgan fingerprint density at radius 2 is 0.829 bits per heavy atom. The van der Waals surface area contributed by atoms with E-state index in [2.05, 4.69) is 21.1 Å². The second kappa shape index (κ2) is 30.8. The van der Waals surface area contributed by atoms with Gasteiger partial charge < -0.3 is 43.9 Å². The average molecular weight is 605 g/mol. The van der Waals surface area contributed by atoms with Crippen molar-refractivity contribution in [2.24, 2.45) is 0 Å². The van der Waals surface area contributed by atoms with E-state index in [4.69, 9.17) is 0 Å². The molecule has 0 amide bonds. The van der Waals surface area contributed by atoms with Crippen molar-refractivity contribution in [1.29, 1.82) is 0 Å². The molecule has 13 heteroatoms. The SMILES string of the molecule is CCC[CH2][Sn+3].CCOC(=O)C=CC(=O)[O-].CCOC(=O)C=CC(=O)[O-].CCOC(=O)C=CC(=O)[O-]. The Labute approximate surface area is 217 Å². The molecule has 12 nitrogen and oxygen atoms in total. The molecule has 0 bridgehead atoms. The Morgan fingerprint density at radius 1 is 0.571 bits per heavy atom. The fourth-order valence-corrected chi connectivity index (χ4v) is 2.17. The number of rotatable bonds is 11. The number of carbonyl (C=O) groups excluding carboxylic acids is 6. The first-order valence-corrected chi connectivity index (χ1v) is 12.2. The Morgan fingerprint density at radius 3 is 0.943 bits per heavy atom. The number of carboxylic acid groups (broad SMARTS) is 3. The van der Waals surface area contributed by atoms with Crippen molar-refractivity contribution in [3.63, 3.8) is 0 Å². The van der Waals surface area contributed by atoms with E-state index in [1.165, 1.54) is 17.3 Å². The minimum atomic E-state index is -1.41. The van der Waals surface area contributed by atoms with Crippen molar-refractivity contribution in [2.45, 2.75) is 45.0 Å². The van der Waals surface area contributed by atoms with Crippen molar-refractivity contribution in [3.05, 3.63) is 36.5 Å². The predicted molar refractivity (Wildman–Crippen MR) is 118 cm³/mol. The first-order valence-electron chi connectivity index (χ1n) is 10.2. The van der Waals surface area contributed by atoms with Gasteiger partial charge in [-0.3, -0.25) is 0 Å². The van der Waals surface area contributed by atoms with E-state index in [9.17, 15) is 44.1 Å². The van der Waals surface area contributed by atoms with Gasteiger partial charge in [-0.15, -0.1) is 0 Å². The second-order valence-corrected chi connectivity index (χ2v) is 6.74. The maximum Gasteiger partial charge on any atom is 0.330 e. The van der Waals surface area contributed by atoms with Crippen LogP contribution in [0.5, 0.6) is 0 Å². The minimum Gasteiger partial charge on any atom is -0.545 e. The van der Waals surface area contributed by atoms with Gasteiger partial charge in [-0.2, -0.15) is 0 Å². The topological polar surface area (TPSA) is 199 Å². The van der Waals surface area contributed by atoms with Crippen molar-refractivity contribution >= 4 is 58.3 Å². The summed E-state index contributed by atoms with van der Waals surface area (Å²) in [7, 11) is 0. The molecule has 0 unspecified atom stereocenters. The number of carbonyl (C=O) groups is 6. The third-order valence-electron chi connectivity index (χ3n) is 2.46. The molecular formula is C22H30O12Sn. The van der Waals surface area contributed by atoms with Crippen LogP contribution in [0.15, 0.2) is 36.5 Å². The Bertz CT molecular complexity index is 619. The summed E-state index contributed by atoms with van der Waals surface area (Å²) in [6.45, 7) is 7.81. The van der Waals surface area contributed by atoms with Crippen LogP contribution in [0.3, 0.4) is 0 Å². The molecule has 0 saturated carbocycles.